The van der Waals surface area contributed by atoms with Crippen LogP contribution in [0.1, 0.15) is 54.4 Å². The Hall–Kier alpha value is -3.72. The number of sulfonamides is 1. The first kappa shape index (κ1) is 31.2. The van der Waals surface area contributed by atoms with Gasteiger partial charge < -0.3 is 10.4 Å². The van der Waals surface area contributed by atoms with Crippen LogP contribution in [0.5, 0.6) is 0 Å². The highest BCUT2D eigenvalue weighted by atomic mass is 32.2. The van der Waals surface area contributed by atoms with Gasteiger partial charge in [-0.25, -0.2) is 13.1 Å². The van der Waals surface area contributed by atoms with E-state index in [-0.39, 0.29) is 18.7 Å². The zero-order valence-electron chi connectivity index (χ0n) is 23.0. The van der Waals surface area contributed by atoms with E-state index in [2.05, 4.69) is 10.0 Å². The number of nitriles is 1. The Labute approximate surface area is 243 Å². The molecule has 11 heteroatoms. The van der Waals surface area contributed by atoms with Crippen molar-refractivity contribution in [3.8, 4) is 17.2 Å². The van der Waals surface area contributed by atoms with Crippen LogP contribution in [-0.4, -0.2) is 31.3 Å². The Balaban J connectivity index is 1.63. The van der Waals surface area contributed by atoms with E-state index in [9.17, 15) is 31.5 Å². The average Bonchev–Trinajstić information content (AvgIpc) is 2.96. The molecule has 1 aliphatic rings. The smallest absolute Gasteiger partial charge is 0.379 e. The van der Waals surface area contributed by atoms with Gasteiger partial charge >= 0.3 is 6.18 Å². The molecule has 1 amide bonds. The second kappa shape index (κ2) is 12.7. The molecular formula is C31H32F3N3O4S. The van der Waals surface area contributed by atoms with Gasteiger partial charge in [0.1, 0.15) is 5.60 Å². The number of alkyl halides is 3. The predicted octanol–water partition coefficient (Wildman–Crippen LogP) is 5.79. The number of amides is 1. The molecule has 0 aromatic heterocycles. The molecule has 0 bridgehead atoms. The quantitative estimate of drug-likeness (QED) is 0.288. The number of aliphatic hydroxyl groups is 1. The molecule has 1 saturated carbocycles. The van der Waals surface area contributed by atoms with Gasteiger partial charge in [0.25, 0.3) is 5.91 Å². The Bertz CT molecular complexity index is 1600. The fourth-order valence-electron chi connectivity index (χ4n) is 5.43. The van der Waals surface area contributed by atoms with Crippen molar-refractivity contribution >= 4 is 21.6 Å². The Morgan fingerprint density at radius 3 is 2.19 bits per heavy atom. The van der Waals surface area contributed by atoms with E-state index in [4.69, 9.17) is 5.26 Å². The normalized spacial score (nSPS) is 15.9. The summed E-state index contributed by atoms with van der Waals surface area (Å²) in [5.41, 5.74) is -0.759. The molecule has 4 rings (SSSR count). The van der Waals surface area contributed by atoms with Crippen LogP contribution < -0.4 is 10.0 Å². The molecule has 1 aliphatic carbocycles. The van der Waals surface area contributed by atoms with Gasteiger partial charge in [0.05, 0.1) is 23.5 Å². The van der Waals surface area contributed by atoms with Crippen LogP contribution in [0.15, 0.2) is 66.7 Å². The summed E-state index contributed by atoms with van der Waals surface area (Å²) in [4.78, 5) is 13.6. The van der Waals surface area contributed by atoms with Gasteiger partial charge in [-0.2, -0.15) is 18.4 Å². The van der Waals surface area contributed by atoms with E-state index in [0.29, 0.717) is 24.5 Å². The first-order valence-electron chi connectivity index (χ1n) is 13.6. The Morgan fingerprint density at radius 2 is 1.60 bits per heavy atom. The van der Waals surface area contributed by atoms with Gasteiger partial charge in [-0.15, -0.1) is 0 Å². The highest BCUT2D eigenvalue weighted by molar-refractivity contribution is 7.88. The van der Waals surface area contributed by atoms with Crippen molar-refractivity contribution in [3.05, 3.63) is 89.0 Å². The van der Waals surface area contributed by atoms with Crippen molar-refractivity contribution in [3.63, 3.8) is 0 Å². The lowest BCUT2D eigenvalue weighted by Gasteiger charge is -2.37. The molecular weight excluding hydrogens is 567 g/mol. The molecule has 0 heterocycles. The number of halogens is 3. The van der Waals surface area contributed by atoms with E-state index < -0.39 is 44.8 Å². The Morgan fingerprint density at radius 1 is 0.976 bits per heavy atom. The van der Waals surface area contributed by atoms with Gasteiger partial charge in [0.2, 0.25) is 10.0 Å². The van der Waals surface area contributed by atoms with Gasteiger partial charge in [-0.1, -0.05) is 61.7 Å². The number of rotatable bonds is 9. The van der Waals surface area contributed by atoms with Crippen LogP contribution >= 0.6 is 0 Å². The molecule has 3 aromatic carbocycles. The lowest BCUT2D eigenvalue weighted by Crippen LogP contribution is -2.51. The highest BCUT2D eigenvalue weighted by Crippen LogP contribution is 2.38. The van der Waals surface area contributed by atoms with Crippen molar-refractivity contribution in [2.45, 2.75) is 56.8 Å². The van der Waals surface area contributed by atoms with E-state index in [1.807, 2.05) is 24.3 Å². The molecule has 222 valence electrons. The second-order valence-electron chi connectivity index (χ2n) is 10.8. The summed E-state index contributed by atoms with van der Waals surface area (Å²) in [6, 6.07) is 19.1. The summed E-state index contributed by atoms with van der Waals surface area (Å²) >= 11 is 0. The maximum absolute atomic E-state index is 13.6. The number of hydrogen-bond acceptors (Lipinski definition) is 5. The standard InChI is InChI=1S/C31H32F3N3O4S/c1-42(40,41)36-20-22-8-6-10-24(16-22)23-9-5-7-21(15-23)18-30(39,26-11-3-2-4-12-26)29(38)37-27-14-13-25(19-35)28(17-27)31(32,33)34/h5-10,13-17,26,36,39H,2-4,11-12,18,20H2,1H3,(H,37,38). The second-order valence-corrected chi connectivity index (χ2v) is 12.6. The summed E-state index contributed by atoms with van der Waals surface area (Å²) in [6.45, 7) is 0.124. The monoisotopic (exact) mass is 599 g/mol. The van der Waals surface area contributed by atoms with Crippen molar-refractivity contribution in [2.75, 3.05) is 11.6 Å². The lowest BCUT2D eigenvalue weighted by atomic mass is 9.73. The highest BCUT2D eigenvalue weighted by Gasteiger charge is 2.44. The van der Waals surface area contributed by atoms with Crippen LogP contribution in [-0.2, 0) is 34.0 Å². The molecule has 0 spiro atoms. The largest absolute Gasteiger partial charge is 0.417 e. The number of nitrogens with one attached hydrogen (secondary N) is 2. The SMILES string of the molecule is CS(=O)(=O)NCc1cccc(-c2cccc(CC(O)(C(=O)Nc3ccc(C#N)c(C(F)(F)F)c3)C3CCCCC3)c2)c1. The zero-order chi connectivity index (χ0) is 30.5. The third-order valence-electron chi connectivity index (χ3n) is 7.58. The van der Waals surface area contributed by atoms with Crippen LogP contribution in [0.3, 0.4) is 0 Å². The van der Waals surface area contributed by atoms with E-state index in [0.717, 1.165) is 48.3 Å². The summed E-state index contributed by atoms with van der Waals surface area (Å²) in [5.74, 6) is -1.20. The first-order valence-corrected chi connectivity index (χ1v) is 15.5. The zero-order valence-corrected chi connectivity index (χ0v) is 23.9. The third kappa shape index (κ3) is 7.76. The van der Waals surface area contributed by atoms with Crippen molar-refractivity contribution < 1.29 is 31.5 Å². The molecule has 3 aromatic rings. The molecule has 7 nitrogen and oxygen atoms in total. The van der Waals surface area contributed by atoms with Crippen LogP contribution in [0.2, 0.25) is 0 Å². The minimum atomic E-state index is -4.79. The first-order chi connectivity index (χ1) is 19.8. The number of hydrogen-bond donors (Lipinski definition) is 3. The summed E-state index contributed by atoms with van der Waals surface area (Å²) in [7, 11) is -3.37. The third-order valence-corrected chi connectivity index (χ3v) is 8.25. The van der Waals surface area contributed by atoms with Crippen molar-refractivity contribution in [1.29, 1.82) is 5.26 Å². The fraction of sp³-hybridized carbons (Fsp3) is 0.355. The maximum Gasteiger partial charge on any atom is 0.417 e. The molecule has 1 atom stereocenters. The summed E-state index contributed by atoms with van der Waals surface area (Å²) in [5, 5.41) is 23.5. The number of nitrogens with zero attached hydrogens (tertiary/aromatic N) is 1. The van der Waals surface area contributed by atoms with E-state index in [1.54, 1.807) is 24.3 Å². The van der Waals surface area contributed by atoms with Gasteiger partial charge in [-0.3, -0.25) is 4.79 Å². The van der Waals surface area contributed by atoms with Crippen LogP contribution in [0, 0.1) is 17.2 Å². The van der Waals surface area contributed by atoms with E-state index >= 15 is 0 Å². The van der Waals surface area contributed by atoms with E-state index in [1.165, 1.54) is 12.1 Å². The molecule has 1 unspecified atom stereocenters. The fourth-order valence-corrected chi connectivity index (χ4v) is 5.86. The Kier molecular flexibility index (Phi) is 9.40. The molecule has 3 N–H and O–H groups in total. The van der Waals surface area contributed by atoms with Gasteiger partial charge in [-0.05, 0) is 65.3 Å². The average molecular weight is 600 g/mol. The van der Waals surface area contributed by atoms with Crippen molar-refractivity contribution in [2.24, 2.45) is 5.92 Å². The molecule has 42 heavy (non-hydrogen) atoms. The number of benzene rings is 3. The molecule has 0 radical (unpaired) electrons. The van der Waals surface area contributed by atoms with Gasteiger partial charge in [0, 0.05) is 18.7 Å². The summed E-state index contributed by atoms with van der Waals surface area (Å²) in [6.07, 6.45) is 0.0478. The molecule has 0 aliphatic heterocycles. The lowest BCUT2D eigenvalue weighted by molar-refractivity contribution is -0.142. The number of carbonyl (C=O) groups excluding carboxylic acids is 1. The minimum absolute atomic E-state index is 0.0604. The molecule has 0 saturated heterocycles. The molecule has 1 fully saturated rings. The number of carbonyl (C=O) groups is 1. The maximum atomic E-state index is 13.6. The topological polar surface area (TPSA) is 119 Å². The minimum Gasteiger partial charge on any atom is -0.379 e. The van der Waals surface area contributed by atoms with Crippen LogP contribution in [0.4, 0.5) is 18.9 Å². The van der Waals surface area contributed by atoms with Crippen molar-refractivity contribution in [1.82, 2.24) is 4.72 Å². The van der Waals surface area contributed by atoms with Gasteiger partial charge in [0.15, 0.2) is 0 Å². The van der Waals surface area contributed by atoms with Crippen LogP contribution in [0.25, 0.3) is 11.1 Å². The predicted molar refractivity (Wildman–Crippen MR) is 154 cm³/mol. The summed E-state index contributed by atoms with van der Waals surface area (Å²) < 4.78 is 66.0. The number of anilines is 1.